The van der Waals surface area contributed by atoms with Crippen molar-refractivity contribution in [1.82, 2.24) is 10.7 Å². The lowest BCUT2D eigenvalue weighted by atomic mass is 9.85. The van der Waals surface area contributed by atoms with Gasteiger partial charge < -0.3 is 15.2 Å². The third kappa shape index (κ3) is 4.57. The minimum Gasteiger partial charge on any atom is -0.504 e. The molecule has 3 aromatic rings. The van der Waals surface area contributed by atoms with Gasteiger partial charge in [-0.25, -0.2) is 5.43 Å². The summed E-state index contributed by atoms with van der Waals surface area (Å²) in [7, 11) is 1.45. The molecule has 0 heterocycles. The number of carbonyl (C=O) groups excluding carboxylic acids is 2. The van der Waals surface area contributed by atoms with Crippen LogP contribution in [0.5, 0.6) is 11.5 Å². The van der Waals surface area contributed by atoms with Crippen molar-refractivity contribution >= 4 is 18.0 Å². The van der Waals surface area contributed by atoms with E-state index in [-0.39, 0.29) is 29.5 Å². The number of amides is 2. The lowest BCUT2D eigenvalue weighted by molar-refractivity contribution is -0.127. The van der Waals surface area contributed by atoms with Crippen molar-refractivity contribution in [3.63, 3.8) is 0 Å². The van der Waals surface area contributed by atoms with Gasteiger partial charge in [-0.05, 0) is 29.7 Å². The van der Waals surface area contributed by atoms with Gasteiger partial charge in [-0.1, -0.05) is 66.7 Å². The van der Waals surface area contributed by atoms with Crippen LogP contribution >= 0.6 is 0 Å². The molecule has 0 aliphatic heterocycles. The van der Waals surface area contributed by atoms with Crippen molar-refractivity contribution in [3.8, 4) is 11.5 Å². The number of nitrogens with one attached hydrogen (secondary N) is 2. The van der Waals surface area contributed by atoms with Crippen LogP contribution in [0.25, 0.3) is 0 Å². The summed E-state index contributed by atoms with van der Waals surface area (Å²) in [5.74, 6) is -0.659. The van der Waals surface area contributed by atoms with E-state index in [0.717, 1.165) is 11.1 Å². The summed E-state index contributed by atoms with van der Waals surface area (Å²) in [6, 6.07) is 24.9. The smallest absolute Gasteiger partial charge is 0.259 e. The number of nitrogens with zero attached hydrogens (tertiary/aromatic N) is 1. The molecule has 4 rings (SSSR count). The first-order valence-corrected chi connectivity index (χ1v) is 10.6. The first kappa shape index (κ1) is 22.1. The van der Waals surface area contributed by atoms with Crippen LogP contribution in [-0.2, 0) is 15.0 Å². The van der Waals surface area contributed by atoms with Crippen LogP contribution < -0.4 is 15.5 Å². The molecular formula is C26H25N3O4. The zero-order valence-electron chi connectivity index (χ0n) is 18.2. The maximum absolute atomic E-state index is 12.9. The van der Waals surface area contributed by atoms with E-state index >= 15 is 0 Å². The molecule has 0 saturated heterocycles. The second-order valence-corrected chi connectivity index (χ2v) is 7.87. The standard InChI is InChI=1S/C26H25N3O4/c1-33-22-14-8-9-18(24(22)31)16-28-29-23(30)17-27-25(32)21-15-26(21,19-10-4-2-5-11-19)20-12-6-3-7-13-20/h2-14,16,21,31H,15,17H2,1H3,(H,27,32)(H,29,30)/b28-16+. The number of hydrogen-bond donors (Lipinski definition) is 3. The highest BCUT2D eigenvalue weighted by atomic mass is 16.5. The van der Waals surface area contributed by atoms with E-state index in [1.54, 1.807) is 18.2 Å². The number of benzene rings is 3. The normalized spacial score (nSPS) is 16.2. The predicted molar refractivity (Wildman–Crippen MR) is 125 cm³/mol. The average Bonchev–Trinajstić information content (AvgIpc) is 3.62. The van der Waals surface area contributed by atoms with E-state index in [9.17, 15) is 14.7 Å². The van der Waals surface area contributed by atoms with Crippen molar-refractivity contribution in [2.24, 2.45) is 11.0 Å². The van der Waals surface area contributed by atoms with E-state index in [2.05, 4.69) is 15.8 Å². The summed E-state index contributed by atoms with van der Waals surface area (Å²) in [5.41, 5.74) is 4.54. The molecule has 33 heavy (non-hydrogen) atoms. The Morgan fingerprint density at radius 3 is 2.27 bits per heavy atom. The Balaban J connectivity index is 1.36. The van der Waals surface area contributed by atoms with Gasteiger partial charge in [-0.2, -0.15) is 5.10 Å². The molecule has 7 nitrogen and oxygen atoms in total. The number of aromatic hydroxyl groups is 1. The fourth-order valence-electron chi connectivity index (χ4n) is 4.17. The lowest BCUT2D eigenvalue weighted by Gasteiger charge is -2.18. The molecule has 1 atom stereocenters. The van der Waals surface area contributed by atoms with Crippen molar-refractivity contribution < 1.29 is 19.4 Å². The minimum absolute atomic E-state index is 0.0711. The summed E-state index contributed by atoms with van der Waals surface area (Å²) in [5, 5.41) is 16.6. The zero-order chi connectivity index (χ0) is 23.3. The molecule has 0 spiro atoms. The Kier molecular flexibility index (Phi) is 6.40. The number of carbonyl (C=O) groups is 2. The van der Waals surface area contributed by atoms with E-state index in [0.29, 0.717) is 17.7 Å². The fourth-order valence-corrected chi connectivity index (χ4v) is 4.17. The van der Waals surface area contributed by atoms with E-state index in [1.807, 2.05) is 60.7 Å². The first-order valence-electron chi connectivity index (χ1n) is 10.6. The molecule has 1 fully saturated rings. The topological polar surface area (TPSA) is 100 Å². The Labute approximate surface area is 192 Å². The third-order valence-electron chi connectivity index (χ3n) is 5.92. The maximum Gasteiger partial charge on any atom is 0.259 e. The summed E-state index contributed by atoms with van der Waals surface area (Å²) in [6.07, 6.45) is 2.00. The molecule has 1 unspecified atom stereocenters. The summed E-state index contributed by atoms with van der Waals surface area (Å²) in [4.78, 5) is 25.1. The predicted octanol–water partition coefficient (Wildman–Crippen LogP) is 2.97. The van der Waals surface area contributed by atoms with E-state index < -0.39 is 5.91 Å². The van der Waals surface area contributed by atoms with Crippen LogP contribution in [0.3, 0.4) is 0 Å². The average molecular weight is 444 g/mol. The second kappa shape index (κ2) is 9.56. The second-order valence-electron chi connectivity index (χ2n) is 7.87. The van der Waals surface area contributed by atoms with Gasteiger partial charge in [0.25, 0.3) is 5.91 Å². The fraction of sp³-hybridized carbons (Fsp3) is 0.192. The molecule has 3 N–H and O–H groups in total. The Hall–Kier alpha value is -4.13. The minimum atomic E-state index is -0.465. The maximum atomic E-state index is 12.9. The van der Waals surface area contributed by atoms with Gasteiger partial charge in [0.1, 0.15) is 0 Å². The zero-order valence-corrected chi connectivity index (χ0v) is 18.2. The Morgan fingerprint density at radius 1 is 1.03 bits per heavy atom. The highest BCUT2D eigenvalue weighted by molar-refractivity contribution is 5.90. The molecule has 7 heteroatoms. The van der Waals surface area contributed by atoms with Gasteiger partial charge in [-0.15, -0.1) is 0 Å². The molecule has 1 aliphatic rings. The molecule has 0 aromatic heterocycles. The number of hydrogen-bond acceptors (Lipinski definition) is 5. The van der Waals surface area contributed by atoms with Crippen LogP contribution in [0.1, 0.15) is 23.1 Å². The van der Waals surface area contributed by atoms with E-state index in [4.69, 9.17) is 4.74 Å². The number of phenols is 1. The number of phenolic OH excluding ortho intramolecular Hbond substituents is 1. The molecule has 0 bridgehead atoms. The van der Waals surface area contributed by atoms with Gasteiger partial charge in [0.05, 0.1) is 25.8 Å². The number of ether oxygens (including phenoxy) is 1. The van der Waals surface area contributed by atoms with Crippen LogP contribution in [0.15, 0.2) is 84.0 Å². The highest BCUT2D eigenvalue weighted by Crippen LogP contribution is 2.58. The quantitative estimate of drug-likeness (QED) is 0.368. The van der Waals surface area contributed by atoms with Crippen LogP contribution in [0.2, 0.25) is 0 Å². The Morgan fingerprint density at radius 2 is 1.67 bits per heavy atom. The van der Waals surface area contributed by atoms with Crippen molar-refractivity contribution in [2.75, 3.05) is 13.7 Å². The van der Waals surface area contributed by atoms with Gasteiger partial charge in [0, 0.05) is 11.0 Å². The summed E-state index contributed by atoms with van der Waals surface area (Å²) >= 11 is 0. The third-order valence-corrected chi connectivity index (χ3v) is 5.92. The summed E-state index contributed by atoms with van der Waals surface area (Å²) in [6.45, 7) is -0.198. The van der Waals surface area contributed by atoms with Gasteiger partial charge in [0.2, 0.25) is 5.91 Å². The van der Waals surface area contributed by atoms with E-state index in [1.165, 1.54) is 13.3 Å². The monoisotopic (exact) mass is 443 g/mol. The highest BCUT2D eigenvalue weighted by Gasteiger charge is 2.60. The first-order chi connectivity index (χ1) is 16.1. The largest absolute Gasteiger partial charge is 0.504 e. The van der Waals surface area contributed by atoms with Gasteiger partial charge >= 0.3 is 0 Å². The molecular weight excluding hydrogens is 418 g/mol. The number of para-hydroxylation sites is 1. The van der Waals surface area contributed by atoms with Crippen molar-refractivity contribution in [1.29, 1.82) is 0 Å². The lowest BCUT2D eigenvalue weighted by Crippen LogP contribution is -2.37. The van der Waals surface area contributed by atoms with Crippen molar-refractivity contribution in [3.05, 3.63) is 95.6 Å². The molecule has 1 aliphatic carbocycles. The van der Waals surface area contributed by atoms with Crippen molar-refractivity contribution in [2.45, 2.75) is 11.8 Å². The molecule has 1 saturated carbocycles. The molecule has 168 valence electrons. The summed E-state index contributed by atoms with van der Waals surface area (Å²) < 4.78 is 5.04. The van der Waals surface area contributed by atoms with Crippen LogP contribution in [0, 0.1) is 5.92 Å². The SMILES string of the molecule is COc1cccc(/C=N/NC(=O)CNC(=O)C2CC2(c2ccccc2)c2ccccc2)c1O. The van der Waals surface area contributed by atoms with Gasteiger partial charge in [-0.3, -0.25) is 9.59 Å². The number of hydrazone groups is 1. The van der Waals surface area contributed by atoms with Gasteiger partial charge in [0.15, 0.2) is 11.5 Å². The molecule has 0 radical (unpaired) electrons. The molecule has 3 aromatic carbocycles. The van der Waals surface area contributed by atoms with Crippen LogP contribution in [-0.4, -0.2) is 36.8 Å². The molecule has 2 amide bonds. The van der Waals surface area contributed by atoms with Crippen LogP contribution in [0.4, 0.5) is 0 Å². The number of methoxy groups -OCH3 is 1. The Bertz CT molecular complexity index is 1120. The number of rotatable bonds is 8.